The summed E-state index contributed by atoms with van der Waals surface area (Å²) < 4.78 is 5.62. The standard InChI is InChI=1S/C15H20N2O2/c16-14(9-12-2-1-7-19-12)11-4-3-10-5-6-17-15(18)13(10)8-11/h3-4,8,12,14H,1-2,5-7,9,16H2,(H,17,18). The molecule has 4 nitrogen and oxygen atoms in total. The van der Waals surface area contributed by atoms with Crippen molar-refractivity contribution in [3.63, 3.8) is 0 Å². The van der Waals surface area contributed by atoms with E-state index in [2.05, 4.69) is 11.4 Å². The van der Waals surface area contributed by atoms with Crippen LogP contribution in [0.3, 0.4) is 0 Å². The summed E-state index contributed by atoms with van der Waals surface area (Å²) in [4.78, 5) is 11.8. The zero-order valence-corrected chi connectivity index (χ0v) is 11.0. The van der Waals surface area contributed by atoms with E-state index in [4.69, 9.17) is 10.5 Å². The van der Waals surface area contributed by atoms with Crippen molar-refractivity contribution < 1.29 is 9.53 Å². The van der Waals surface area contributed by atoms with Crippen LogP contribution in [-0.4, -0.2) is 25.2 Å². The molecule has 0 aromatic heterocycles. The van der Waals surface area contributed by atoms with E-state index in [1.807, 2.05) is 12.1 Å². The van der Waals surface area contributed by atoms with Crippen LogP contribution in [0.5, 0.6) is 0 Å². The van der Waals surface area contributed by atoms with Gasteiger partial charge in [0.05, 0.1) is 6.10 Å². The van der Waals surface area contributed by atoms with E-state index < -0.39 is 0 Å². The number of hydrogen-bond acceptors (Lipinski definition) is 3. The molecule has 1 amide bonds. The average Bonchev–Trinajstić information content (AvgIpc) is 2.92. The molecule has 0 spiro atoms. The molecule has 1 aromatic carbocycles. The van der Waals surface area contributed by atoms with Crippen molar-refractivity contribution in [3.05, 3.63) is 34.9 Å². The smallest absolute Gasteiger partial charge is 0.251 e. The predicted molar refractivity (Wildman–Crippen MR) is 73.0 cm³/mol. The van der Waals surface area contributed by atoms with Gasteiger partial charge in [-0.15, -0.1) is 0 Å². The van der Waals surface area contributed by atoms with Gasteiger partial charge in [-0.3, -0.25) is 4.79 Å². The van der Waals surface area contributed by atoms with Gasteiger partial charge >= 0.3 is 0 Å². The lowest BCUT2D eigenvalue weighted by Gasteiger charge is -2.20. The molecule has 1 fully saturated rings. The number of carbonyl (C=O) groups is 1. The zero-order valence-electron chi connectivity index (χ0n) is 11.0. The molecule has 0 saturated carbocycles. The summed E-state index contributed by atoms with van der Waals surface area (Å²) in [6.07, 6.45) is 4.24. The van der Waals surface area contributed by atoms with E-state index >= 15 is 0 Å². The van der Waals surface area contributed by atoms with Gasteiger partial charge in [0.25, 0.3) is 5.91 Å². The Morgan fingerprint density at radius 1 is 1.47 bits per heavy atom. The van der Waals surface area contributed by atoms with Crippen molar-refractivity contribution in [1.29, 1.82) is 0 Å². The summed E-state index contributed by atoms with van der Waals surface area (Å²) in [5, 5.41) is 2.87. The lowest BCUT2D eigenvalue weighted by molar-refractivity contribution is 0.0945. The minimum Gasteiger partial charge on any atom is -0.378 e. The zero-order chi connectivity index (χ0) is 13.2. The van der Waals surface area contributed by atoms with Crippen LogP contribution in [0.2, 0.25) is 0 Å². The maximum atomic E-state index is 11.8. The summed E-state index contributed by atoms with van der Waals surface area (Å²) in [5.74, 6) is 0.0208. The van der Waals surface area contributed by atoms with E-state index in [-0.39, 0.29) is 18.1 Å². The van der Waals surface area contributed by atoms with E-state index in [0.717, 1.165) is 55.5 Å². The van der Waals surface area contributed by atoms with Gasteiger partial charge in [-0.25, -0.2) is 0 Å². The molecule has 102 valence electrons. The van der Waals surface area contributed by atoms with Gasteiger partial charge in [-0.1, -0.05) is 12.1 Å². The minimum absolute atomic E-state index is 0.0208. The maximum absolute atomic E-state index is 11.8. The van der Waals surface area contributed by atoms with Gasteiger partial charge in [-0.05, 0) is 42.9 Å². The largest absolute Gasteiger partial charge is 0.378 e. The normalized spacial score (nSPS) is 23.8. The van der Waals surface area contributed by atoms with Crippen LogP contribution in [0.15, 0.2) is 18.2 Å². The van der Waals surface area contributed by atoms with Gasteiger partial charge in [0, 0.05) is 24.8 Å². The number of rotatable bonds is 3. The third kappa shape index (κ3) is 2.65. The van der Waals surface area contributed by atoms with Crippen LogP contribution >= 0.6 is 0 Å². The molecule has 0 bridgehead atoms. The molecule has 2 heterocycles. The van der Waals surface area contributed by atoms with Gasteiger partial charge in [-0.2, -0.15) is 0 Å². The number of carbonyl (C=O) groups excluding carboxylic acids is 1. The van der Waals surface area contributed by atoms with Gasteiger partial charge < -0.3 is 15.8 Å². The van der Waals surface area contributed by atoms with Crippen LogP contribution in [-0.2, 0) is 11.2 Å². The number of nitrogens with two attached hydrogens (primary N) is 1. The van der Waals surface area contributed by atoms with Crippen LogP contribution in [0.4, 0.5) is 0 Å². The molecule has 19 heavy (non-hydrogen) atoms. The SMILES string of the molecule is NC(CC1CCCO1)c1ccc2c(c1)C(=O)NCC2. The first-order chi connectivity index (χ1) is 9.24. The lowest BCUT2D eigenvalue weighted by atomic mass is 9.93. The highest BCUT2D eigenvalue weighted by molar-refractivity contribution is 5.96. The molecule has 0 aliphatic carbocycles. The Morgan fingerprint density at radius 3 is 3.16 bits per heavy atom. The molecule has 2 atom stereocenters. The molecule has 1 aromatic rings. The molecular weight excluding hydrogens is 240 g/mol. The molecule has 2 aliphatic rings. The van der Waals surface area contributed by atoms with Crippen molar-refractivity contribution in [2.45, 2.75) is 37.8 Å². The summed E-state index contributed by atoms with van der Waals surface area (Å²) in [7, 11) is 0. The Kier molecular flexibility index (Phi) is 3.53. The van der Waals surface area contributed by atoms with Gasteiger partial charge in [0.15, 0.2) is 0 Å². The first-order valence-electron chi connectivity index (χ1n) is 7.02. The molecule has 3 rings (SSSR count). The highest BCUT2D eigenvalue weighted by atomic mass is 16.5. The number of amides is 1. The van der Waals surface area contributed by atoms with Crippen LogP contribution in [0.25, 0.3) is 0 Å². The van der Waals surface area contributed by atoms with E-state index in [1.165, 1.54) is 0 Å². The van der Waals surface area contributed by atoms with E-state index in [0.29, 0.717) is 0 Å². The predicted octanol–water partition coefficient (Wildman–Crippen LogP) is 1.54. The number of ether oxygens (including phenoxy) is 1. The average molecular weight is 260 g/mol. The van der Waals surface area contributed by atoms with Crippen molar-refractivity contribution in [2.24, 2.45) is 5.73 Å². The van der Waals surface area contributed by atoms with Crippen LogP contribution in [0, 0.1) is 0 Å². The summed E-state index contributed by atoms with van der Waals surface area (Å²) in [5.41, 5.74) is 9.18. The first-order valence-corrected chi connectivity index (χ1v) is 7.02. The Labute approximate surface area is 113 Å². The monoisotopic (exact) mass is 260 g/mol. The molecule has 2 unspecified atom stereocenters. The van der Waals surface area contributed by atoms with Crippen molar-refractivity contribution in [2.75, 3.05) is 13.2 Å². The lowest BCUT2D eigenvalue weighted by Crippen LogP contribution is -2.32. The summed E-state index contributed by atoms with van der Waals surface area (Å²) in [6.45, 7) is 1.58. The van der Waals surface area contributed by atoms with Gasteiger partial charge in [0.1, 0.15) is 0 Å². The molecule has 4 heteroatoms. The van der Waals surface area contributed by atoms with E-state index in [1.54, 1.807) is 0 Å². The fraction of sp³-hybridized carbons (Fsp3) is 0.533. The first kappa shape index (κ1) is 12.6. The second-order valence-electron chi connectivity index (χ2n) is 5.40. The van der Waals surface area contributed by atoms with Gasteiger partial charge in [0.2, 0.25) is 0 Å². The topological polar surface area (TPSA) is 64.3 Å². The molecule has 0 radical (unpaired) electrons. The van der Waals surface area contributed by atoms with Crippen LogP contribution in [0.1, 0.15) is 46.8 Å². The summed E-state index contributed by atoms with van der Waals surface area (Å²) in [6, 6.07) is 5.99. The highest BCUT2D eigenvalue weighted by Gasteiger charge is 2.22. The fourth-order valence-corrected chi connectivity index (χ4v) is 2.91. The van der Waals surface area contributed by atoms with E-state index in [9.17, 15) is 4.79 Å². The fourth-order valence-electron chi connectivity index (χ4n) is 2.91. The van der Waals surface area contributed by atoms with Crippen molar-refractivity contribution in [3.8, 4) is 0 Å². The molecular formula is C15H20N2O2. The Hall–Kier alpha value is -1.39. The second kappa shape index (κ2) is 5.31. The quantitative estimate of drug-likeness (QED) is 0.866. The Bertz CT molecular complexity index is 481. The maximum Gasteiger partial charge on any atom is 0.251 e. The highest BCUT2D eigenvalue weighted by Crippen LogP contribution is 2.25. The second-order valence-corrected chi connectivity index (χ2v) is 5.40. The summed E-state index contributed by atoms with van der Waals surface area (Å²) >= 11 is 0. The number of fused-ring (bicyclic) bond motifs is 1. The molecule has 1 saturated heterocycles. The molecule has 2 aliphatic heterocycles. The Balaban J connectivity index is 1.76. The minimum atomic E-state index is -0.0527. The van der Waals surface area contributed by atoms with Crippen molar-refractivity contribution in [1.82, 2.24) is 5.32 Å². The van der Waals surface area contributed by atoms with Crippen LogP contribution < -0.4 is 11.1 Å². The number of nitrogens with one attached hydrogen (secondary N) is 1. The Morgan fingerprint density at radius 2 is 2.37 bits per heavy atom. The third-order valence-electron chi connectivity index (χ3n) is 4.03. The number of hydrogen-bond donors (Lipinski definition) is 2. The third-order valence-corrected chi connectivity index (χ3v) is 4.03. The molecule has 3 N–H and O–H groups in total. The number of benzene rings is 1. The van der Waals surface area contributed by atoms with Crippen molar-refractivity contribution >= 4 is 5.91 Å².